The summed E-state index contributed by atoms with van der Waals surface area (Å²) in [6, 6.07) is -0.642. The van der Waals surface area contributed by atoms with E-state index < -0.39 is 12.1 Å². The van der Waals surface area contributed by atoms with Gasteiger partial charge in [0.1, 0.15) is 0 Å². The number of unbranched alkanes of at least 4 members (excludes halogenated alkanes) is 37. The molecule has 0 aliphatic heterocycles. The predicted octanol–water partition coefficient (Wildman–Crippen LogP) is 21.6. The number of carbonyl (C=O) groups excluding carboxylic acids is 1. The van der Waals surface area contributed by atoms with Crippen molar-refractivity contribution in [1.82, 2.24) is 5.32 Å². The van der Waals surface area contributed by atoms with Crippen molar-refractivity contribution in [3.63, 3.8) is 0 Å². The van der Waals surface area contributed by atoms with Gasteiger partial charge in [0.25, 0.3) is 0 Å². The Balaban J connectivity index is 3.47. The number of nitrogens with one attached hydrogen (secondary N) is 1. The van der Waals surface area contributed by atoms with E-state index in [1.807, 2.05) is 6.08 Å². The Morgan fingerprint density at radius 3 is 0.959 bits per heavy atom. The highest BCUT2D eigenvalue weighted by molar-refractivity contribution is 5.76. The fourth-order valence-corrected chi connectivity index (χ4v) is 9.50. The van der Waals surface area contributed by atoms with Crippen molar-refractivity contribution in [2.45, 2.75) is 328 Å². The summed E-state index contributed by atoms with van der Waals surface area (Å²) >= 11 is 0. The van der Waals surface area contributed by atoms with Crippen molar-refractivity contribution in [2.75, 3.05) is 6.61 Å². The van der Waals surface area contributed by atoms with Crippen LogP contribution < -0.4 is 5.32 Å². The standard InChI is InChI=1S/C69H123NO3/c1-3-5-7-9-11-13-15-17-19-21-23-25-26-27-28-29-30-31-32-33-34-35-36-37-38-39-40-41-42-43-44-45-47-49-51-53-55-57-59-61-63-65-69(73)70-67(66-71)68(72)64-62-60-58-56-54-52-50-48-46-24-22-20-18-16-14-12-10-8-6-4-2/h5,7,11,13,17,19,23,25,27-28,30-31,54,56,62,64,67-68,71-72H,3-4,6,8-10,12,14-16,18,20-22,24,26,29,32-53,55,57-61,63,65-66H2,1-2H3,(H,70,73)/b7-5-,13-11-,19-17-,25-23-,28-27-,31-30-,56-54+,64-62+. The Labute approximate surface area is 455 Å². The van der Waals surface area contributed by atoms with Crippen molar-refractivity contribution in [2.24, 2.45) is 0 Å². The van der Waals surface area contributed by atoms with Crippen LogP contribution in [0, 0.1) is 0 Å². The zero-order valence-corrected chi connectivity index (χ0v) is 48.6. The van der Waals surface area contributed by atoms with Gasteiger partial charge in [-0.25, -0.2) is 0 Å². The lowest BCUT2D eigenvalue weighted by Gasteiger charge is -2.19. The van der Waals surface area contributed by atoms with Crippen molar-refractivity contribution >= 4 is 5.91 Å². The number of allylic oxidation sites excluding steroid dienone is 15. The van der Waals surface area contributed by atoms with Crippen LogP contribution in [0.15, 0.2) is 97.2 Å². The average molecular weight is 1010 g/mol. The molecule has 0 aromatic heterocycles. The normalized spacial score (nSPS) is 13.4. The van der Waals surface area contributed by atoms with Crippen LogP contribution in [0.3, 0.4) is 0 Å². The zero-order valence-electron chi connectivity index (χ0n) is 48.6. The second-order valence-corrected chi connectivity index (χ2v) is 21.4. The van der Waals surface area contributed by atoms with Crippen LogP contribution in [0.25, 0.3) is 0 Å². The number of amides is 1. The molecule has 2 atom stereocenters. The molecule has 0 radical (unpaired) electrons. The number of carbonyl (C=O) groups is 1. The second kappa shape index (κ2) is 63.6. The predicted molar refractivity (Wildman–Crippen MR) is 326 cm³/mol. The van der Waals surface area contributed by atoms with E-state index in [0.717, 1.165) is 70.6 Å². The van der Waals surface area contributed by atoms with E-state index in [4.69, 9.17) is 0 Å². The van der Waals surface area contributed by atoms with Gasteiger partial charge in [-0.15, -0.1) is 0 Å². The Hall–Kier alpha value is -2.69. The third kappa shape index (κ3) is 60.1. The van der Waals surface area contributed by atoms with E-state index in [1.54, 1.807) is 6.08 Å². The third-order valence-corrected chi connectivity index (χ3v) is 14.3. The molecule has 0 heterocycles. The van der Waals surface area contributed by atoms with Gasteiger partial charge in [0.2, 0.25) is 5.91 Å². The van der Waals surface area contributed by atoms with Crippen LogP contribution in [-0.2, 0) is 4.79 Å². The summed E-state index contributed by atoms with van der Waals surface area (Å²) in [5.41, 5.74) is 0. The SMILES string of the molecule is CC/C=C\C/C=C\C/C=C\C/C=C\C/C=C\C/C=C\CCCCCCCCCCCCCCCCCCCCCCCCC(=O)NC(CO)C(O)/C=C/CC/C=C/CCCCCCCCCCCCCCCC. The number of hydrogen-bond acceptors (Lipinski definition) is 3. The highest BCUT2D eigenvalue weighted by Crippen LogP contribution is 2.17. The first-order valence-corrected chi connectivity index (χ1v) is 32.0. The van der Waals surface area contributed by atoms with E-state index in [2.05, 4.69) is 104 Å². The Morgan fingerprint density at radius 1 is 0.342 bits per heavy atom. The first kappa shape index (κ1) is 70.3. The molecule has 73 heavy (non-hydrogen) atoms. The van der Waals surface area contributed by atoms with Crippen molar-refractivity contribution in [3.05, 3.63) is 97.2 Å². The van der Waals surface area contributed by atoms with Crippen molar-refractivity contribution < 1.29 is 15.0 Å². The molecule has 1 amide bonds. The molecule has 0 aliphatic carbocycles. The molecule has 2 unspecified atom stereocenters. The minimum absolute atomic E-state index is 0.0707. The van der Waals surface area contributed by atoms with Gasteiger partial charge in [0.15, 0.2) is 0 Å². The van der Waals surface area contributed by atoms with Crippen molar-refractivity contribution in [3.8, 4) is 0 Å². The summed E-state index contributed by atoms with van der Waals surface area (Å²) in [5, 5.41) is 23.2. The van der Waals surface area contributed by atoms with Gasteiger partial charge < -0.3 is 15.5 Å². The number of rotatable bonds is 58. The fraction of sp³-hybridized carbons (Fsp3) is 0.754. The highest BCUT2D eigenvalue weighted by Gasteiger charge is 2.18. The van der Waals surface area contributed by atoms with Gasteiger partial charge in [-0.2, -0.15) is 0 Å². The van der Waals surface area contributed by atoms with Crippen LogP contribution in [-0.4, -0.2) is 34.9 Å². The summed E-state index contributed by atoms with van der Waals surface area (Å²) in [6.07, 6.45) is 94.7. The molecule has 4 nitrogen and oxygen atoms in total. The minimum Gasteiger partial charge on any atom is -0.394 e. The van der Waals surface area contributed by atoms with Gasteiger partial charge in [0.05, 0.1) is 18.8 Å². The maximum Gasteiger partial charge on any atom is 0.220 e. The fourth-order valence-electron chi connectivity index (χ4n) is 9.50. The summed E-state index contributed by atoms with van der Waals surface area (Å²) in [7, 11) is 0. The van der Waals surface area contributed by atoms with Crippen LogP contribution in [0.5, 0.6) is 0 Å². The summed E-state index contributed by atoms with van der Waals surface area (Å²) in [6.45, 7) is 4.20. The minimum atomic E-state index is -0.865. The number of aliphatic hydroxyl groups excluding tert-OH is 2. The Kier molecular flexibility index (Phi) is 61.3. The van der Waals surface area contributed by atoms with E-state index >= 15 is 0 Å². The highest BCUT2D eigenvalue weighted by atomic mass is 16.3. The largest absolute Gasteiger partial charge is 0.394 e. The summed E-state index contributed by atoms with van der Waals surface area (Å²) in [5.74, 6) is -0.0707. The topological polar surface area (TPSA) is 69.6 Å². The maximum absolute atomic E-state index is 12.5. The van der Waals surface area contributed by atoms with Crippen LogP contribution >= 0.6 is 0 Å². The molecule has 0 saturated carbocycles. The van der Waals surface area contributed by atoms with Gasteiger partial charge in [-0.05, 0) is 83.5 Å². The first-order chi connectivity index (χ1) is 36.2. The Morgan fingerprint density at radius 2 is 0.616 bits per heavy atom. The second-order valence-electron chi connectivity index (χ2n) is 21.4. The van der Waals surface area contributed by atoms with Gasteiger partial charge >= 0.3 is 0 Å². The van der Waals surface area contributed by atoms with Gasteiger partial charge in [-0.1, -0.05) is 323 Å². The van der Waals surface area contributed by atoms with Gasteiger partial charge in [-0.3, -0.25) is 4.79 Å². The molecule has 0 saturated heterocycles. The first-order valence-electron chi connectivity index (χ1n) is 32.0. The lowest BCUT2D eigenvalue weighted by Crippen LogP contribution is -2.45. The number of hydrogen-bond donors (Lipinski definition) is 3. The Bertz CT molecular complexity index is 1330. The van der Waals surface area contributed by atoms with E-state index in [0.29, 0.717) is 6.42 Å². The van der Waals surface area contributed by atoms with Crippen molar-refractivity contribution in [1.29, 1.82) is 0 Å². The quantitative estimate of drug-likeness (QED) is 0.0420. The molecular formula is C69H123NO3. The number of aliphatic hydroxyl groups is 2. The zero-order chi connectivity index (χ0) is 52.7. The molecule has 0 bridgehead atoms. The van der Waals surface area contributed by atoms with E-state index in [-0.39, 0.29) is 12.5 Å². The molecule has 4 heteroatoms. The molecule has 0 aromatic rings. The summed E-state index contributed by atoms with van der Waals surface area (Å²) < 4.78 is 0. The molecule has 3 N–H and O–H groups in total. The van der Waals surface area contributed by atoms with E-state index in [9.17, 15) is 15.0 Å². The van der Waals surface area contributed by atoms with Crippen LogP contribution in [0.2, 0.25) is 0 Å². The molecule has 0 aromatic carbocycles. The molecule has 0 aliphatic rings. The van der Waals surface area contributed by atoms with Crippen LogP contribution in [0.4, 0.5) is 0 Å². The molecule has 0 fully saturated rings. The van der Waals surface area contributed by atoms with E-state index in [1.165, 1.54) is 225 Å². The smallest absolute Gasteiger partial charge is 0.220 e. The maximum atomic E-state index is 12.5. The lowest BCUT2D eigenvalue weighted by molar-refractivity contribution is -0.123. The van der Waals surface area contributed by atoms with Crippen LogP contribution in [0.1, 0.15) is 316 Å². The monoisotopic (exact) mass is 1010 g/mol. The van der Waals surface area contributed by atoms with Gasteiger partial charge in [0, 0.05) is 6.42 Å². The lowest BCUT2D eigenvalue weighted by atomic mass is 10.0. The third-order valence-electron chi connectivity index (χ3n) is 14.3. The molecule has 422 valence electrons. The average Bonchev–Trinajstić information content (AvgIpc) is 3.40. The molecule has 0 spiro atoms. The molecular weight excluding hydrogens is 891 g/mol. The summed E-state index contributed by atoms with van der Waals surface area (Å²) in [4.78, 5) is 12.5. The molecule has 0 rings (SSSR count).